The second-order valence-corrected chi connectivity index (χ2v) is 6.28. The minimum atomic E-state index is 0.601. The first-order chi connectivity index (χ1) is 7.86. The van der Waals surface area contributed by atoms with E-state index in [1.54, 1.807) is 0 Å². The lowest BCUT2D eigenvalue weighted by atomic mass is 10.0. The van der Waals surface area contributed by atoms with Crippen LogP contribution >= 0.6 is 11.8 Å². The molecule has 2 unspecified atom stereocenters. The van der Waals surface area contributed by atoms with Gasteiger partial charge in [0.15, 0.2) is 0 Å². The van der Waals surface area contributed by atoms with Crippen molar-refractivity contribution in [3.05, 3.63) is 11.6 Å². The van der Waals surface area contributed by atoms with Gasteiger partial charge in [0.05, 0.1) is 5.25 Å². The van der Waals surface area contributed by atoms with Crippen LogP contribution in [0.15, 0.2) is 0 Å². The van der Waals surface area contributed by atoms with Gasteiger partial charge >= 0.3 is 0 Å². The Morgan fingerprint density at radius 2 is 2.00 bits per heavy atom. The molecule has 1 aromatic heterocycles. The molecule has 3 heterocycles. The van der Waals surface area contributed by atoms with Gasteiger partial charge in [0.1, 0.15) is 11.6 Å². The van der Waals surface area contributed by atoms with Crippen LogP contribution in [0.3, 0.4) is 0 Å². The van der Waals surface area contributed by atoms with E-state index in [4.69, 9.17) is 0 Å². The number of hydrogen-bond donors (Lipinski definition) is 0. The monoisotopic (exact) mass is 237 g/mol. The molecule has 3 nitrogen and oxygen atoms in total. The molecule has 4 heteroatoms. The average molecular weight is 237 g/mol. The van der Waals surface area contributed by atoms with Crippen molar-refractivity contribution in [2.24, 2.45) is 0 Å². The molecule has 16 heavy (non-hydrogen) atoms. The highest BCUT2D eigenvalue weighted by Gasteiger charge is 2.27. The van der Waals surface area contributed by atoms with E-state index in [1.165, 1.54) is 49.5 Å². The van der Waals surface area contributed by atoms with Gasteiger partial charge in [-0.2, -0.15) is 11.8 Å². The molecule has 2 aliphatic heterocycles. The van der Waals surface area contributed by atoms with E-state index in [9.17, 15) is 0 Å². The second kappa shape index (κ2) is 4.40. The molecule has 3 rings (SSSR count). The molecule has 0 spiro atoms. The smallest absolute Gasteiger partial charge is 0.146 e. The first-order valence-electron chi connectivity index (χ1n) is 6.41. The predicted molar refractivity (Wildman–Crippen MR) is 66.7 cm³/mol. The number of aromatic nitrogens is 3. The molecule has 0 bridgehead atoms. The Balaban J connectivity index is 1.89. The molecule has 88 valence electrons. The van der Waals surface area contributed by atoms with Crippen LogP contribution in [0.2, 0.25) is 0 Å². The Morgan fingerprint density at radius 3 is 2.81 bits per heavy atom. The Kier molecular flexibility index (Phi) is 2.92. The van der Waals surface area contributed by atoms with Crippen molar-refractivity contribution in [3.63, 3.8) is 0 Å². The summed E-state index contributed by atoms with van der Waals surface area (Å²) in [5, 5.41) is 9.49. The van der Waals surface area contributed by atoms with Crippen molar-refractivity contribution in [1.82, 2.24) is 14.8 Å². The highest BCUT2D eigenvalue weighted by atomic mass is 32.2. The third-order valence-electron chi connectivity index (χ3n) is 3.74. The van der Waals surface area contributed by atoms with Gasteiger partial charge in [-0.1, -0.05) is 13.3 Å². The Morgan fingerprint density at radius 1 is 1.12 bits per heavy atom. The average Bonchev–Trinajstić information content (AvgIpc) is 2.75. The van der Waals surface area contributed by atoms with Crippen molar-refractivity contribution in [2.75, 3.05) is 5.75 Å². The molecule has 2 aliphatic rings. The van der Waals surface area contributed by atoms with Gasteiger partial charge in [-0.05, 0) is 31.4 Å². The molecule has 0 saturated carbocycles. The molecule has 0 N–H and O–H groups in total. The summed E-state index contributed by atoms with van der Waals surface area (Å²) in [5.41, 5.74) is 0. The lowest BCUT2D eigenvalue weighted by molar-refractivity contribution is 0.450. The van der Waals surface area contributed by atoms with Crippen LogP contribution in [0.1, 0.15) is 61.8 Å². The summed E-state index contributed by atoms with van der Waals surface area (Å²) in [4.78, 5) is 0. The van der Waals surface area contributed by atoms with Gasteiger partial charge in [0.25, 0.3) is 0 Å². The number of hydrogen-bond acceptors (Lipinski definition) is 3. The molecule has 0 aliphatic carbocycles. The quantitative estimate of drug-likeness (QED) is 0.752. The van der Waals surface area contributed by atoms with E-state index in [0.29, 0.717) is 11.2 Å². The van der Waals surface area contributed by atoms with E-state index in [-0.39, 0.29) is 0 Å². The molecule has 0 amide bonds. The van der Waals surface area contributed by atoms with Crippen LogP contribution in [0, 0.1) is 0 Å². The lowest BCUT2D eigenvalue weighted by Gasteiger charge is -2.25. The van der Waals surface area contributed by atoms with Crippen molar-refractivity contribution in [2.45, 2.75) is 56.7 Å². The summed E-state index contributed by atoms with van der Waals surface area (Å²) in [5.74, 6) is 4.38. The SMILES string of the molecule is CC1CCCn2c1nnc2C1CCCCS1. The van der Waals surface area contributed by atoms with Gasteiger partial charge in [0.2, 0.25) is 0 Å². The fourth-order valence-corrected chi connectivity index (χ4v) is 4.10. The number of nitrogens with zero attached hydrogens (tertiary/aromatic N) is 3. The van der Waals surface area contributed by atoms with E-state index in [1.807, 2.05) is 0 Å². The predicted octanol–water partition coefficient (Wildman–Crippen LogP) is 3.13. The van der Waals surface area contributed by atoms with Gasteiger partial charge in [-0.25, -0.2) is 0 Å². The summed E-state index contributed by atoms with van der Waals surface area (Å²) < 4.78 is 2.40. The molecule has 0 aromatic carbocycles. The largest absolute Gasteiger partial charge is 0.314 e. The van der Waals surface area contributed by atoms with Gasteiger partial charge in [-0.3, -0.25) is 0 Å². The Bertz CT molecular complexity index is 368. The summed E-state index contributed by atoms with van der Waals surface area (Å²) >= 11 is 2.07. The molecule has 1 aromatic rings. The molecule has 2 atom stereocenters. The third-order valence-corrected chi connectivity index (χ3v) is 5.11. The van der Waals surface area contributed by atoms with Crippen LogP contribution < -0.4 is 0 Å². The lowest BCUT2D eigenvalue weighted by Crippen LogP contribution is -2.18. The van der Waals surface area contributed by atoms with Crippen LogP contribution in [0.4, 0.5) is 0 Å². The zero-order valence-corrected chi connectivity index (χ0v) is 10.7. The van der Waals surface area contributed by atoms with E-state index >= 15 is 0 Å². The van der Waals surface area contributed by atoms with Crippen LogP contribution in [-0.2, 0) is 6.54 Å². The van der Waals surface area contributed by atoms with E-state index < -0.39 is 0 Å². The zero-order valence-electron chi connectivity index (χ0n) is 9.85. The zero-order chi connectivity index (χ0) is 11.0. The summed E-state index contributed by atoms with van der Waals surface area (Å²) in [6, 6.07) is 0. The fraction of sp³-hybridized carbons (Fsp3) is 0.833. The first-order valence-corrected chi connectivity index (χ1v) is 7.45. The van der Waals surface area contributed by atoms with Crippen molar-refractivity contribution >= 4 is 11.8 Å². The van der Waals surface area contributed by atoms with Crippen molar-refractivity contribution in [3.8, 4) is 0 Å². The fourth-order valence-electron chi connectivity index (χ4n) is 2.79. The minimum absolute atomic E-state index is 0.601. The Hall–Kier alpha value is -0.510. The highest BCUT2D eigenvalue weighted by Crippen LogP contribution is 2.39. The second-order valence-electron chi connectivity index (χ2n) is 4.97. The summed E-state index contributed by atoms with van der Waals surface area (Å²) in [6.07, 6.45) is 6.58. The van der Waals surface area contributed by atoms with E-state index in [0.717, 1.165) is 6.54 Å². The van der Waals surface area contributed by atoms with Crippen LogP contribution in [-0.4, -0.2) is 20.5 Å². The van der Waals surface area contributed by atoms with Gasteiger partial charge < -0.3 is 4.57 Å². The highest BCUT2D eigenvalue weighted by molar-refractivity contribution is 7.99. The summed E-state index contributed by atoms with van der Waals surface area (Å²) in [7, 11) is 0. The van der Waals surface area contributed by atoms with Gasteiger partial charge in [-0.15, -0.1) is 10.2 Å². The maximum absolute atomic E-state index is 4.46. The van der Waals surface area contributed by atoms with Crippen molar-refractivity contribution < 1.29 is 0 Å². The summed E-state index contributed by atoms with van der Waals surface area (Å²) in [6.45, 7) is 3.41. The topological polar surface area (TPSA) is 30.7 Å². The van der Waals surface area contributed by atoms with Crippen molar-refractivity contribution in [1.29, 1.82) is 0 Å². The van der Waals surface area contributed by atoms with Crippen LogP contribution in [0.5, 0.6) is 0 Å². The number of thioether (sulfide) groups is 1. The number of rotatable bonds is 1. The molecular weight excluding hydrogens is 218 g/mol. The normalized spacial score (nSPS) is 30.1. The maximum atomic E-state index is 4.46. The molecule has 1 saturated heterocycles. The van der Waals surface area contributed by atoms with Gasteiger partial charge in [0, 0.05) is 12.5 Å². The molecular formula is C12H19N3S. The molecule has 0 radical (unpaired) electrons. The minimum Gasteiger partial charge on any atom is -0.314 e. The molecule has 1 fully saturated rings. The third kappa shape index (κ3) is 1.77. The Labute approximate surface area is 101 Å². The maximum Gasteiger partial charge on any atom is 0.146 e. The number of fused-ring (bicyclic) bond motifs is 1. The first kappa shape index (κ1) is 10.6. The van der Waals surface area contributed by atoms with Crippen LogP contribution in [0.25, 0.3) is 0 Å². The standard InChI is InChI=1S/C12H19N3S/c1-9-5-4-7-15-11(9)13-14-12(15)10-6-2-3-8-16-10/h9-10H,2-8H2,1H3. The van der Waals surface area contributed by atoms with E-state index in [2.05, 4.69) is 33.5 Å².